The maximum absolute atomic E-state index is 12.7. The Bertz CT molecular complexity index is 457. The molecule has 0 saturated heterocycles. The van der Waals surface area contributed by atoms with E-state index in [4.69, 9.17) is 0 Å². The maximum atomic E-state index is 12.7. The molecule has 1 saturated carbocycles. The molecule has 102 valence electrons. The number of thioether (sulfide) groups is 1. The van der Waals surface area contributed by atoms with Gasteiger partial charge in [0.05, 0.1) is 5.75 Å². The summed E-state index contributed by atoms with van der Waals surface area (Å²) in [4.78, 5) is 23.1. The molecule has 1 amide bonds. The fraction of sp³-hybridized carbons (Fsp3) is 0.429. The average Bonchev–Trinajstić information content (AvgIpc) is 3.19. The fourth-order valence-corrected chi connectivity index (χ4v) is 2.35. The van der Waals surface area contributed by atoms with Gasteiger partial charge in [-0.1, -0.05) is 0 Å². The van der Waals surface area contributed by atoms with Gasteiger partial charge >= 0.3 is 0 Å². The van der Waals surface area contributed by atoms with Crippen molar-refractivity contribution in [1.82, 2.24) is 5.32 Å². The molecule has 0 aliphatic heterocycles. The smallest absolute Gasteiger partial charge is 0.230 e. The normalized spacial score (nSPS) is 14.2. The second-order valence-corrected chi connectivity index (χ2v) is 5.68. The molecule has 3 nitrogen and oxygen atoms in total. The monoisotopic (exact) mass is 281 g/mol. The number of hydrogen-bond donors (Lipinski definition) is 1. The largest absolute Gasteiger partial charge is 0.353 e. The van der Waals surface area contributed by atoms with E-state index in [1.54, 1.807) is 0 Å². The molecule has 1 aliphatic rings. The third-order valence-electron chi connectivity index (χ3n) is 2.82. The van der Waals surface area contributed by atoms with E-state index in [1.165, 1.54) is 36.0 Å². The van der Waals surface area contributed by atoms with Gasteiger partial charge in [-0.15, -0.1) is 0 Å². The number of carbonyl (C=O) groups is 2. The topological polar surface area (TPSA) is 46.2 Å². The van der Waals surface area contributed by atoms with Crippen molar-refractivity contribution in [3.05, 3.63) is 35.6 Å². The first-order valence-electron chi connectivity index (χ1n) is 6.31. The van der Waals surface area contributed by atoms with Crippen LogP contribution in [-0.2, 0) is 4.79 Å². The molecule has 2 rings (SSSR count). The zero-order valence-corrected chi connectivity index (χ0v) is 11.3. The molecule has 1 aliphatic carbocycles. The first-order chi connectivity index (χ1) is 9.15. The van der Waals surface area contributed by atoms with Crippen LogP contribution in [0.4, 0.5) is 4.39 Å². The number of carbonyl (C=O) groups excluding carboxylic acids is 2. The summed E-state index contributed by atoms with van der Waals surface area (Å²) in [6.07, 6.45) is 2.53. The van der Waals surface area contributed by atoms with Crippen LogP contribution in [0.1, 0.15) is 29.6 Å². The van der Waals surface area contributed by atoms with Crippen LogP contribution in [0.2, 0.25) is 0 Å². The molecule has 1 aromatic carbocycles. The minimum absolute atomic E-state index is 0.0184. The highest BCUT2D eigenvalue weighted by atomic mass is 32.2. The first kappa shape index (κ1) is 14.1. The van der Waals surface area contributed by atoms with Crippen molar-refractivity contribution in [3.63, 3.8) is 0 Å². The van der Waals surface area contributed by atoms with Crippen molar-refractivity contribution >= 4 is 23.5 Å². The third kappa shape index (κ3) is 5.03. The Morgan fingerprint density at radius 1 is 1.26 bits per heavy atom. The van der Waals surface area contributed by atoms with Gasteiger partial charge in [-0.25, -0.2) is 4.39 Å². The van der Waals surface area contributed by atoms with Gasteiger partial charge in [0.2, 0.25) is 5.91 Å². The molecular formula is C14H16FNO2S. The minimum Gasteiger partial charge on any atom is -0.353 e. The zero-order chi connectivity index (χ0) is 13.7. The predicted molar refractivity (Wildman–Crippen MR) is 73.8 cm³/mol. The van der Waals surface area contributed by atoms with E-state index in [9.17, 15) is 14.0 Å². The number of amides is 1. The van der Waals surface area contributed by atoms with E-state index >= 15 is 0 Å². The number of Topliss-reactive ketones (excluding diaryl/α,β-unsaturated/α-hetero) is 1. The molecule has 0 heterocycles. The van der Waals surface area contributed by atoms with Gasteiger partial charge < -0.3 is 5.32 Å². The minimum atomic E-state index is -0.345. The van der Waals surface area contributed by atoms with Crippen LogP contribution in [0.15, 0.2) is 24.3 Å². The average molecular weight is 281 g/mol. The molecule has 0 spiro atoms. The van der Waals surface area contributed by atoms with Crippen molar-refractivity contribution in [2.24, 2.45) is 0 Å². The van der Waals surface area contributed by atoms with Crippen LogP contribution in [0.5, 0.6) is 0 Å². The summed E-state index contributed by atoms with van der Waals surface area (Å²) in [6, 6.07) is 5.92. The molecule has 1 fully saturated rings. The molecule has 0 radical (unpaired) electrons. The summed E-state index contributed by atoms with van der Waals surface area (Å²) in [5.74, 6) is 0.682. The van der Waals surface area contributed by atoms with E-state index < -0.39 is 0 Å². The molecule has 5 heteroatoms. The van der Waals surface area contributed by atoms with Crippen molar-refractivity contribution in [1.29, 1.82) is 0 Å². The first-order valence-corrected chi connectivity index (χ1v) is 7.46. The Morgan fingerprint density at radius 3 is 2.58 bits per heavy atom. The van der Waals surface area contributed by atoms with Crippen LogP contribution in [0, 0.1) is 5.82 Å². The van der Waals surface area contributed by atoms with Crippen molar-refractivity contribution in [2.75, 3.05) is 11.5 Å². The molecule has 0 aromatic heterocycles. The van der Waals surface area contributed by atoms with Gasteiger partial charge in [0.25, 0.3) is 0 Å². The van der Waals surface area contributed by atoms with Crippen LogP contribution in [0.25, 0.3) is 0 Å². The number of benzene rings is 1. The second kappa shape index (κ2) is 6.70. The van der Waals surface area contributed by atoms with Crippen LogP contribution in [-0.4, -0.2) is 29.2 Å². The van der Waals surface area contributed by atoms with Crippen molar-refractivity contribution < 1.29 is 14.0 Å². The highest BCUT2D eigenvalue weighted by Crippen LogP contribution is 2.18. The molecule has 1 aromatic rings. The number of hydrogen-bond acceptors (Lipinski definition) is 3. The highest BCUT2D eigenvalue weighted by Gasteiger charge is 2.22. The van der Waals surface area contributed by atoms with Crippen molar-refractivity contribution in [3.8, 4) is 0 Å². The summed E-state index contributed by atoms with van der Waals surface area (Å²) in [6.45, 7) is 0. The van der Waals surface area contributed by atoms with E-state index in [0.717, 1.165) is 12.8 Å². The van der Waals surface area contributed by atoms with E-state index in [-0.39, 0.29) is 17.5 Å². The lowest BCUT2D eigenvalue weighted by atomic mass is 10.1. The number of halogens is 1. The number of rotatable bonds is 7. The molecule has 1 N–H and O–H groups in total. The third-order valence-corrected chi connectivity index (χ3v) is 3.77. The van der Waals surface area contributed by atoms with Gasteiger partial charge in [0, 0.05) is 23.8 Å². The van der Waals surface area contributed by atoms with Crippen LogP contribution >= 0.6 is 11.8 Å². The molecule has 19 heavy (non-hydrogen) atoms. The maximum Gasteiger partial charge on any atom is 0.230 e. The second-order valence-electron chi connectivity index (χ2n) is 4.57. The summed E-state index contributed by atoms with van der Waals surface area (Å²) in [7, 11) is 0. The lowest BCUT2D eigenvalue weighted by molar-refractivity contribution is -0.118. The standard InChI is InChI=1S/C14H16FNO2S/c15-11-3-1-10(2-4-11)13(17)7-8-19-9-14(18)16-12-5-6-12/h1-4,12H,5-9H2,(H,16,18). The summed E-state index contributed by atoms with van der Waals surface area (Å²) in [5.41, 5.74) is 0.518. The predicted octanol–water partition coefficient (Wildman–Crippen LogP) is 2.41. The summed E-state index contributed by atoms with van der Waals surface area (Å²) < 4.78 is 12.7. The Balaban J connectivity index is 1.63. The van der Waals surface area contributed by atoms with Gasteiger partial charge in [0.15, 0.2) is 5.78 Å². The van der Waals surface area contributed by atoms with Gasteiger partial charge in [-0.05, 0) is 37.1 Å². The lowest BCUT2D eigenvalue weighted by Gasteiger charge is -2.03. The lowest BCUT2D eigenvalue weighted by Crippen LogP contribution is -2.27. The Morgan fingerprint density at radius 2 is 1.95 bits per heavy atom. The highest BCUT2D eigenvalue weighted by molar-refractivity contribution is 7.99. The molecule has 0 atom stereocenters. The quantitative estimate of drug-likeness (QED) is 0.616. The van der Waals surface area contributed by atoms with Crippen molar-refractivity contribution in [2.45, 2.75) is 25.3 Å². The SMILES string of the molecule is O=C(CSCCC(=O)c1ccc(F)cc1)NC1CC1. The van der Waals surface area contributed by atoms with E-state index in [1.807, 2.05) is 0 Å². The fourth-order valence-electron chi connectivity index (χ4n) is 1.61. The van der Waals surface area contributed by atoms with Crippen LogP contribution in [0.3, 0.4) is 0 Å². The molecule has 0 bridgehead atoms. The van der Waals surface area contributed by atoms with E-state index in [2.05, 4.69) is 5.32 Å². The summed E-state index contributed by atoms with van der Waals surface area (Å²) >= 11 is 1.45. The number of ketones is 1. The zero-order valence-electron chi connectivity index (χ0n) is 10.5. The Labute approximate surface area is 116 Å². The van der Waals surface area contributed by atoms with E-state index in [0.29, 0.717) is 29.5 Å². The van der Waals surface area contributed by atoms with Gasteiger partial charge in [-0.2, -0.15) is 11.8 Å². The Hall–Kier alpha value is -1.36. The van der Waals surface area contributed by atoms with Gasteiger partial charge in [0.1, 0.15) is 5.82 Å². The van der Waals surface area contributed by atoms with Gasteiger partial charge in [-0.3, -0.25) is 9.59 Å². The van der Waals surface area contributed by atoms with Crippen LogP contribution < -0.4 is 5.32 Å². The Kier molecular flexibility index (Phi) is 4.96. The summed E-state index contributed by atoms with van der Waals surface area (Å²) in [5, 5.41) is 2.89. The molecule has 0 unspecified atom stereocenters. The molecular weight excluding hydrogens is 265 g/mol. The number of nitrogens with one attached hydrogen (secondary N) is 1.